The number of fused-ring (bicyclic) bond motifs is 2. The molecule has 13 nitrogen and oxygen atoms in total. The average molecular weight is 689 g/mol. The van der Waals surface area contributed by atoms with Crippen LogP contribution in [0.15, 0.2) is 24.3 Å². The monoisotopic (exact) mass is 688 g/mol. The van der Waals surface area contributed by atoms with E-state index in [2.05, 4.69) is 17.6 Å². The molecule has 0 aromatic heterocycles. The molecule has 49 heavy (non-hydrogen) atoms. The minimum absolute atomic E-state index is 0.0148. The van der Waals surface area contributed by atoms with Crippen molar-refractivity contribution in [2.24, 2.45) is 29.6 Å². The van der Waals surface area contributed by atoms with Crippen molar-refractivity contribution in [2.75, 3.05) is 6.61 Å². The zero-order valence-electron chi connectivity index (χ0n) is 29.4. The van der Waals surface area contributed by atoms with Crippen LogP contribution in [0.5, 0.6) is 5.75 Å². The second-order valence-electron chi connectivity index (χ2n) is 14.7. The number of carbonyl (C=O) groups excluding carboxylic acids is 4. The molecule has 1 spiro atoms. The Morgan fingerprint density at radius 2 is 1.71 bits per heavy atom. The number of phenolic OH excluding ortho intramolecular Hbond substituents is 1. The number of nitrogens with one attached hydrogen (secondary N) is 2. The van der Waals surface area contributed by atoms with E-state index in [0.717, 1.165) is 19.3 Å². The molecule has 0 unspecified atom stereocenters. The van der Waals surface area contributed by atoms with Gasteiger partial charge in [0.25, 0.3) is 0 Å². The van der Waals surface area contributed by atoms with Crippen molar-refractivity contribution in [3.8, 4) is 5.75 Å². The van der Waals surface area contributed by atoms with Crippen LogP contribution in [0.1, 0.15) is 92.1 Å². The van der Waals surface area contributed by atoms with Crippen molar-refractivity contribution in [1.82, 2.24) is 10.6 Å². The summed E-state index contributed by atoms with van der Waals surface area (Å²) in [6.45, 7) is 11.7. The molecule has 272 valence electrons. The Balaban J connectivity index is 1.18. The normalized spacial score (nSPS) is 33.0. The highest BCUT2D eigenvalue weighted by Gasteiger charge is 2.69. The SMILES string of the molecule is CCOC(=O)[C@H](Cc1ccc(O)cc1)NC(=O)[C@H](CC(C)C)NC(=O)CCC(=O)O[C@@H]1O[C@H]2O[C@@]3(C)CC[C@H]4[C@H](C)CC[C@@H]([C@H]1C)[C@@]24OO3. The van der Waals surface area contributed by atoms with Crippen LogP contribution in [0, 0.1) is 29.6 Å². The molecule has 1 aliphatic carbocycles. The average Bonchev–Trinajstić information content (AvgIpc) is 3.28. The number of phenols is 1. The maximum atomic E-state index is 13.4. The lowest BCUT2D eigenvalue weighted by atomic mass is 9.58. The number of esters is 2. The fourth-order valence-electron chi connectivity index (χ4n) is 7.96. The Bertz CT molecular complexity index is 1350. The Hall–Kier alpha value is -3.26. The molecule has 0 radical (unpaired) electrons. The van der Waals surface area contributed by atoms with Crippen LogP contribution in [-0.4, -0.2) is 71.5 Å². The molecule has 1 saturated carbocycles. The number of rotatable bonds is 13. The molecule has 3 N–H and O–H groups in total. The Labute approximate surface area is 288 Å². The molecular weight excluding hydrogens is 636 g/mol. The summed E-state index contributed by atoms with van der Waals surface area (Å²) in [7, 11) is 0. The Morgan fingerprint density at radius 3 is 2.41 bits per heavy atom. The largest absolute Gasteiger partial charge is 0.508 e. The molecule has 4 heterocycles. The van der Waals surface area contributed by atoms with Crippen molar-refractivity contribution < 1.29 is 53.0 Å². The van der Waals surface area contributed by atoms with Crippen molar-refractivity contribution >= 4 is 23.8 Å². The van der Waals surface area contributed by atoms with Gasteiger partial charge in [-0.1, -0.05) is 39.8 Å². The molecule has 5 aliphatic rings. The van der Waals surface area contributed by atoms with Gasteiger partial charge in [-0.3, -0.25) is 14.4 Å². The van der Waals surface area contributed by atoms with E-state index in [0.29, 0.717) is 24.3 Å². The standard InChI is InChI=1S/C36H52N2O11/c1-7-44-32(43)28(19-23-9-11-24(39)12-10-23)38-31(42)27(18-20(2)3)37-29(40)14-15-30(41)45-33-22(5)26-13-8-21(4)25-16-17-35(6)47-34(46-33)36(25,26)49-48-35/h9-12,20-22,25-28,33-34,39H,7-8,13-19H2,1-6H3,(H,37,40)(H,38,42)/t21-,22-,25+,26+,27+,28+,33-,34+,35-,36-/m1/s1. The van der Waals surface area contributed by atoms with E-state index in [-0.39, 0.29) is 55.3 Å². The third kappa shape index (κ3) is 8.22. The zero-order chi connectivity index (χ0) is 35.5. The predicted molar refractivity (Wildman–Crippen MR) is 174 cm³/mol. The van der Waals surface area contributed by atoms with Crippen molar-refractivity contribution in [1.29, 1.82) is 0 Å². The van der Waals surface area contributed by atoms with E-state index >= 15 is 0 Å². The third-order valence-electron chi connectivity index (χ3n) is 10.5. The summed E-state index contributed by atoms with van der Waals surface area (Å²) in [5.74, 6) is -2.74. The summed E-state index contributed by atoms with van der Waals surface area (Å²) in [6.07, 6.45) is 1.78. The maximum Gasteiger partial charge on any atom is 0.328 e. The van der Waals surface area contributed by atoms with Gasteiger partial charge in [-0.05, 0) is 75.0 Å². The van der Waals surface area contributed by atoms with Gasteiger partial charge in [0, 0.05) is 31.1 Å². The van der Waals surface area contributed by atoms with Gasteiger partial charge in [0.2, 0.25) is 23.9 Å². The lowest BCUT2D eigenvalue weighted by Gasteiger charge is -2.59. The van der Waals surface area contributed by atoms with E-state index in [1.54, 1.807) is 19.1 Å². The van der Waals surface area contributed by atoms with Crippen molar-refractivity contribution in [3.63, 3.8) is 0 Å². The Kier molecular flexibility index (Phi) is 11.6. The third-order valence-corrected chi connectivity index (χ3v) is 10.5. The second kappa shape index (κ2) is 15.3. The first-order valence-corrected chi connectivity index (χ1v) is 17.7. The summed E-state index contributed by atoms with van der Waals surface area (Å²) < 4.78 is 23.7. The highest BCUT2D eigenvalue weighted by molar-refractivity contribution is 5.91. The van der Waals surface area contributed by atoms with Gasteiger partial charge >= 0.3 is 11.9 Å². The molecule has 10 atom stereocenters. The molecule has 13 heteroatoms. The van der Waals surface area contributed by atoms with Crippen LogP contribution < -0.4 is 10.6 Å². The molecule has 2 amide bonds. The quantitative estimate of drug-likeness (QED) is 0.202. The number of amides is 2. The minimum atomic E-state index is -1.01. The first-order valence-electron chi connectivity index (χ1n) is 17.7. The fourth-order valence-corrected chi connectivity index (χ4v) is 7.96. The number of carbonyl (C=O) groups is 4. The molecule has 6 rings (SSSR count). The van der Waals surface area contributed by atoms with Gasteiger partial charge in [0.1, 0.15) is 17.8 Å². The summed E-state index contributed by atoms with van der Waals surface area (Å²) in [5, 5.41) is 15.1. The van der Waals surface area contributed by atoms with Gasteiger partial charge in [-0.25, -0.2) is 14.6 Å². The summed E-state index contributed by atoms with van der Waals surface area (Å²) >= 11 is 0. The van der Waals surface area contributed by atoms with Crippen molar-refractivity contribution in [3.05, 3.63) is 29.8 Å². The lowest BCUT2D eigenvalue weighted by Crippen LogP contribution is -2.70. The van der Waals surface area contributed by atoms with Crippen LogP contribution in [-0.2, 0) is 54.3 Å². The number of hydrogen-bond acceptors (Lipinski definition) is 11. The summed E-state index contributed by atoms with van der Waals surface area (Å²) in [5.41, 5.74) is -0.0744. The lowest BCUT2D eigenvalue weighted by molar-refractivity contribution is -0.576. The molecule has 1 aromatic rings. The van der Waals surface area contributed by atoms with E-state index in [9.17, 15) is 24.3 Å². The maximum absolute atomic E-state index is 13.4. The zero-order valence-corrected chi connectivity index (χ0v) is 29.4. The van der Waals surface area contributed by atoms with Gasteiger partial charge in [-0.15, -0.1) is 0 Å². The highest BCUT2D eigenvalue weighted by Crippen LogP contribution is 2.60. The van der Waals surface area contributed by atoms with Crippen LogP contribution in [0.2, 0.25) is 0 Å². The summed E-state index contributed by atoms with van der Waals surface area (Å²) in [4.78, 5) is 64.3. The van der Waals surface area contributed by atoms with E-state index in [1.165, 1.54) is 12.1 Å². The summed E-state index contributed by atoms with van der Waals surface area (Å²) in [6, 6.07) is 4.33. The van der Waals surface area contributed by atoms with E-state index < -0.39 is 59.8 Å². The molecule has 2 bridgehead atoms. The van der Waals surface area contributed by atoms with Gasteiger partial charge in [-0.2, -0.15) is 0 Å². The number of ether oxygens (including phenoxy) is 4. The van der Waals surface area contributed by atoms with E-state index in [4.69, 9.17) is 28.7 Å². The number of benzene rings is 1. The fraction of sp³-hybridized carbons (Fsp3) is 0.722. The van der Waals surface area contributed by atoms with Crippen LogP contribution in [0.4, 0.5) is 0 Å². The van der Waals surface area contributed by atoms with Crippen LogP contribution in [0.25, 0.3) is 0 Å². The first-order chi connectivity index (χ1) is 23.2. The van der Waals surface area contributed by atoms with Crippen LogP contribution in [0.3, 0.4) is 0 Å². The number of hydrogen-bond donors (Lipinski definition) is 3. The Morgan fingerprint density at radius 1 is 0.980 bits per heavy atom. The van der Waals surface area contributed by atoms with Crippen molar-refractivity contribution in [2.45, 2.75) is 129 Å². The van der Waals surface area contributed by atoms with Gasteiger partial charge < -0.3 is 34.7 Å². The highest BCUT2D eigenvalue weighted by atomic mass is 17.3. The van der Waals surface area contributed by atoms with Crippen LogP contribution >= 0.6 is 0 Å². The second-order valence-corrected chi connectivity index (χ2v) is 14.7. The number of aromatic hydroxyl groups is 1. The predicted octanol–water partition coefficient (Wildman–Crippen LogP) is 4.04. The molecule has 4 saturated heterocycles. The topological polar surface area (TPSA) is 168 Å². The molecular formula is C36H52N2O11. The van der Waals surface area contributed by atoms with Gasteiger partial charge in [0.15, 0.2) is 11.9 Å². The minimum Gasteiger partial charge on any atom is -0.508 e. The first kappa shape index (κ1) is 37.0. The molecule has 4 aliphatic heterocycles. The smallest absolute Gasteiger partial charge is 0.328 e. The van der Waals surface area contributed by atoms with Gasteiger partial charge in [0.05, 0.1) is 13.0 Å². The molecule has 5 fully saturated rings. The van der Waals surface area contributed by atoms with E-state index in [1.807, 2.05) is 27.7 Å². The molecule has 1 aromatic carbocycles.